The first-order valence-electron chi connectivity index (χ1n) is 8.66. The van der Waals surface area contributed by atoms with Crippen molar-refractivity contribution in [3.8, 4) is 0 Å². The van der Waals surface area contributed by atoms with Crippen molar-refractivity contribution >= 4 is 11.8 Å². The number of hydrogen-bond donors (Lipinski definition) is 1. The Hall–Kier alpha value is -1.75. The van der Waals surface area contributed by atoms with Crippen LogP contribution in [0.3, 0.4) is 0 Å². The number of piperidine rings is 1. The molecule has 0 aromatic heterocycles. The number of nitrogens with one attached hydrogen (secondary N) is 1. The highest BCUT2D eigenvalue weighted by Gasteiger charge is 2.27. The first-order valence-corrected chi connectivity index (χ1v) is 8.66. The zero-order valence-corrected chi connectivity index (χ0v) is 15.5. The third-order valence-electron chi connectivity index (χ3n) is 4.26. The maximum absolute atomic E-state index is 12.1. The van der Waals surface area contributed by atoms with Gasteiger partial charge in [0, 0.05) is 37.5 Å². The Morgan fingerprint density at radius 3 is 2.46 bits per heavy atom. The van der Waals surface area contributed by atoms with Gasteiger partial charge in [-0.25, -0.2) is 4.79 Å². The second kappa shape index (κ2) is 7.88. The Morgan fingerprint density at radius 2 is 1.88 bits per heavy atom. The van der Waals surface area contributed by atoms with E-state index in [9.17, 15) is 4.79 Å². The van der Waals surface area contributed by atoms with Gasteiger partial charge >= 0.3 is 6.09 Å². The largest absolute Gasteiger partial charge is 0.444 e. The second-order valence-electron chi connectivity index (χ2n) is 7.35. The molecule has 0 bridgehead atoms. The van der Waals surface area contributed by atoms with Crippen LogP contribution in [-0.2, 0) is 9.47 Å². The molecule has 0 aliphatic carbocycles. The van der Waals surface area contributed by atoms with E-state index < -0.39 is 5.60 Å². The Bertz CT molecular complexity index is 546. The maximum Gasteiger partial charge on any atom is 0.410 e. The molecule has 5 nitrogen and oxygen atoms in total. The predicted molar refractivity (Wildman–Crippen MR) is 96.3 cm³/mol. The fourth-order valence-corrected chi connectivity index (χ4v) is 2.86. The number of methoxy groups -OCH3 is 1. The number of rotatable bonds is 4. The van der Waals surface area contributed by atoms with Crippen molar-refractivity contribution in [2.45, 2.75) is 58.3 Å². The Morgan fingerprint density at radius 1 is 1.25 bits per heavy atom. The molecule has 1 aliphatic rings. The quantitative estimate of drug-likeness (QED) is 0.896. The monoisotopic (exact) mass is 334 g/mol. The van der Waals surface area contributed by atoms with Gasteiger partial charge in [0.05, 0.1) is 6.10 Å². The minimum absolute atomic E-state index is 0.0514. The van der Waals surface area contributed by atoms with Gasteiger partial charge in [-0.3, -0.25) is 0 Å². The first-order chi connectivity index (χ1) is 11.3. The van der Waals surface area contributed by atoms with Crippen LogP contribution in [-0.4, -0.2) is 42.8 Å². The van der Waals surface area contributed by atoms with Crippen LogP contribution in [0, 0.1) is 0 Å². The van der Waals surface area contributed by atoms with Gasteiger partial charge in [-0.1, -0.05) is 18.2 Å². The SMILES string of the molecule is COC(C)c1ccccc1NC1CCN(C(=O)OC(C)(C)C)CC1. The highest BCUT2D eigenvalue weighted by Crippen LogP contribution is 2.27. The molecule has 24 heavy (non-hydrogen) atoms. The van der Waals surface area contributed by atoms with Crippen molar-refractivity contribution in [2.24, 2.45) is 0 Å². The standard InChI is InChI=1S/C19H30N2O3/c1-14(23-5)16-8-6-7-9-17(16)20-15-10-12-21(13-11-15)18(22)24-19(2,3)4/h6-9,14-15,20H,10-13H2,1-5H3. The highest BCUT2D eigenvalue weighted by molar-refractivity contribution is 5.68. The molecule has 0 saturated carbocycles. The summed E-state index contributed by atoms with van der Waals surface area (Å²) in [6.07, 6.45) is 1.66. The third kappa shape index (κ3) is 5.13. The van der Waals surface area contributed by atoms with E-state index in [0.717, 1.165) is 24.1 Å². The van der Waals surface area contributed by atoms with Crippen LogP contribution >= 0.6 is 0 Å². The molecule has 1 fully saturated rings. The van der Waals surface area contributed by atoms with Crippen LogP contribution in [0.25, 0.3) is 0 Å². The molecule has 0 spiro atoms. The molecule has 1 N–H and O–H groups in total. The van der Waals surface area contributed by atoms with Crippen LogP contribution in [0.2, 0.25) is 0 Å². The molecule has 1 saturated heterocycles. The number of amides is 1. The number of nitrogens with zero attached hydrogens (tertiary/aromatic N) is 1. The number of para-hydroxylation sites is 1. The number of anilines is 1. The summed E-state index contributed by atoms with van der Waals surface area (Å²) in [5.74, 6) is 0. The molecule has 1 aromatic carbocycles. The average Bonchev–Trinajstić information content (AvgIpc) is 2.53. The molecule has 1 atom stereocenters. The van der Waals surface area contributed by atoms with E-state index in [1.807, 2.05) is 39.8 Å². The van der Waals surface area contributed by atoms with Crippen molar-refractivity contribution in [3.05, 3.63) is 29.8 Å². The minimum atomic E-state index is -0.443. The van der Waals surface area contributed by atoms with E-state index in [2.05, 4.69) is 17.4 Å². The summed E-state index contributed by atoms with van der Waals surface area (Å²) in [5, 5.41) is 3.61. The Labute approximate surface area is 145 Å². The fraction of sp³-hybridized carbons (Fsp3) is 0.632. The number of hydrogen-bond acceptors (Lipinski definition) is 4. The lowest BCUT2D eigenvalue weighted by Crippen LogP contribution is -2.44. The zero-order chi connectivity index (χ0) is 17.7. The van der Waals surface area contributed by atoms with Crippen molar-refractivity contribution in [1.29, 1.82) is 0 Å². The van der Waals surface area contributed by atoms with Gasteiger partial charge < -0.3 is 19.7 Å². The minimum Gasteiger partial charge on any atom is -0.444 e. The van der Waals surface area contributed by atoms with E-state index in [4.69, 9.17) is 9.47 Å². The summed E-state index contributed by atoms with van der Waals surface area (Å²) in [6, 6.07) is 8.59. The Balaban J connectivity index is 1.91. The van der Waals surface area contributed by atoms with E-state index in [1.165, 1.54) is 0 Å². The lowest BCUT2D eigenvalue weighted by molar-refractivity contribution is 0.0210. The van der Waals surface area contributed by atoms with Crippen LogP contribution in [0.15, 0.2) is 24.3 Å². The second-order valence-corrected chi connectivity index (χ2v) is 7.35. The number of carbonyl (C=O) groups excluding carboxylic acids is 1. The van der Waals surface area contributed by atoms with Gasteiger partial charge in [0.1, 0.15) is 5.60 Å². The van der Waals surface area contributed by atoms with Gasteiger partial charge in [-0.05, 0) is 46.6 Å². The molecule has 0 radical (unpaired) electrons. The summed E-state index contributed by atoms with van der Waals surface area (Å²) >= 11 is 0. The summed E-state index contributed by atoms with van der Waals surface area (Å²) in [7, 11) is 1.72. The molecule has 1 unspecified atom stereocenters. The van der Waals surface area contributed by atoms with E-state index >= 15 is 0 Å². The van der Waals surface area contributed by atoms with Crippen molar-refractivity contribution < 1.29 is 14.3 Å². The summed E-state index contributed by atoms with van der Waals surface area (Å²) in [4.78, 5) is 13.9. The maximum atomic E-state index is 12.1. The van der Waals surface area contributed by atoms with Gasteiger partial charge in [-0.2, -0.15) is 0 Å². The first kappa shape index (κ1) is 18.6. The average molecular weight is 334 g/mol. The van der Waals surface area contributed by atoms with Crippen LogP contribution in [0.4, 0.5) is 10.5 Å². The van der Waals surface area contributed by atoms with Gasteiger partial charge in [0.25, 0.3) is 0 Å². The number of ether oxygens (including phenoxy) is 2. The topological polar surface area (TPSA) is 50.8 Å². The molecule has 5 heteroatoms. The molecular weight excluding hydrogens is 304 g/mol. The molecule has 1 aromatic rings. The lowest BCUT2D eigenvalue weighted by atomic mass is 10.0. The normalized spacial score (nSPS) is 17.5. The summed E-state index contributed by atoms with van der Waals surface area (Å²) < 4.78 is 10.9. The summed E-state index contributed by atoms with van der Waals surface area (Å²) in [6.45, 7) is 9.17. The van der Waals surface area contributed by atoms with E-state index in [0.29, 0.717) is 19.1 Å². The molecule has 1 aliphatic heterocycles. The zero-order valence-electron chi connectivity index (χ0n) is 15.5. The van der Waals surface area contributed by atoms with Crippen molar-refractivity contribution in [2.75, 3.05) is 25.5 Å². The lowest BCUT2D eigenvalue weighted by Gasteiger charge is -2.34. The molecular formula is C19H30N2O3. The molecule has 2 rings (SSSR count). The number of carbonyl (C=O) groups is 1. The van der Waals surface area contributed by atoms with E-state index in [-0.39, 0.29) is 12.2 Å². The summed E-state index contributed by atoms with van der Waals surface area (Å²) in [5.41, 5.74) is 1.83. The van der Waals surface area contributed by atoms with Crippen LogP contribution < -0.4 is 5.32 Å². The van der Waals surface area contributed by atoms with E-state index in [1.54, 1.807) is 12.0 Å². The van der Waals surface area contributed by atoms with Crippen LogP contribution in [0.1, 0.15) is 52.2 Å². The predicted octanol–water partition coefficient (Wildman–Crippen LogP) is 4.21. The fourth-order valence-electron chi connectivity index (χ4n) is 2.86. The molecule has 134 valence electrons. The van der Waals surface area contributed by atoms with Gasteiger partial charge in [0.2, 0.25) is 0 Å². The van der Waals surface area contributed by atoms with Gasteiger partial charge in [-0.15, -0.1) is 0 Å². The van der Waals surface area contributed by atoms with Crippen molar-refractivity contribution in [3.63, 3.8) is 0 Å². The van der Waals surface area contributed by atoms with Gasteiger partial charge in [0.15, 0.2) is 0 Å². The number of benzene rings is 1. The molecule has 1 heterocycles. The highest BCUT2D eigenvalue weighted by atomic mass is 16.6. The molecule has 1 amide bonds. The number of likely N-dealkylation sites (tertiary alicyclic amines) is 1. The third-order valence-corrected chi connectivity index (χ3v) is 4.26. The Kier molecular flexibility index (Phi) is 6.10. The smallest absolute Gasteiger partial charge is 0.410 e. The van der Waals surface area contributed by atoms with Crippen LogP contribution in [0.5, 0.6) is 0 Å². The van der Waals surface area contributed by atoms with Crippen molar-refractivity contribution in [1.82, 2.24) is 4.90 Å².